The molecule has 3 aromatic rings. The topological polar surface area (TPSA) is 114 Å². The SMILES string of the molecule is CN1CC2COc3c(Sc4cnc(N5CCC6(CC5)Cc5ncccc5[C@H]6N)cn4)ccnc3N2C1=O. The Kier molecular flexibility index (Phi) is 5.26. The van der Waals surface area contributed by atoms with Crippen LogP contribution in [0.2, 0.25) is 0 Å². The first-order valence-corrected chi connectivity index (χ1v) is 13.4. The molecule has 1 spiro atoms. The van der Waals surface area contributed by atoms with Crippen molar-refractivity contribution in [3.63, 3.8) is 0 Å². The molecule has 2 amide bonds. The zero-order valence-corrected chi connectivity index (χ0v) is 21.4. The Labute approximate surface area is 219 Å². The number of piperidine rings is 1. The maximum absolute atomic E-state index is 12.6. The zero-order chi connectivity index (χ0) is 25.1. The first-order valence-electron chi connectivity index (χ1n) is 12.6. The summed E-state index contributed by atoms with van der Waals surface area (Å²) in [6, 6.07) is 5.99. The van der Waals surface area contributed by atoms with Crippen LogP contribution in [0, 0.1) is 5.41 Å². The number of carbonyl (C=O) groups excluding carboxylic acids is 1. The van der Waals surface area contributed by atoms with Gasteiger partial charge in [-0.15, -0.1) is 0 Å². The Morgan fingerprint density at radius 1 is 1.11 bits per heavy atom. The van der Waals surface area contributed by atoms with E-state index in [1.54, 1.807) is 29.2 Å². The number of rotatable bonds is 3. The van der Waals surface area contributed by atoms with Crippen molar-refractivity contribution in [1.29, 1.82) is 0 Å². The highest BCUT2D eigenvalue weighted by atomic mass is 32.2. The molecule has 3 aliphatic heterocycles. The molecule has 0 radical (unpaired) electrons. The van der Waals surface area contributed by atoms with Gasteiger partial charge < -0.3 is 20.3 Å². The Balaban J connectivity index is 1.04. The van der Waals surface area contributed by atoms with Crippen LogP contribution in [-0.2, 0) is 6.42 Å². The molecular formula is C26H28N8O2S. The van der Waals surface area contributed by atoms with Gasteiger partial charge >= 0.3 is 6.03 Å². The van der Waals surface area contributed by atoms with Gasteiger partial charge in [0, 0.05) is 50.8 Å². The van der Waals surface area contributed by atoms with E-state index in [1.165, 1.54) is 17.3 Å². The third kappa shape index (κ3) is 3.63. The van der Waals surface area contributed by atoms with Gasteiger partial charge in [0.2, 0.25) is 0 Å². The number of nitrogens with zero attached hydrogens (tertiary/aromatic N) is 7. The van der Waals surface area contributed by atoms with E-state index in [2.05, 4.69) is 25.9 Å². The summed E-state index contributed by atoms with van der Waals surface area (Å²) in [6.07, 6.45) is 10.2. The minimum Gasteiger partial charge on any atom is -0.486 e. The number of pyridine rings is 2. The molecule has 0 aromatic carbocycles. The molecule has 1 unspecified atom stereocenters. The molecule has 2 saturated heterocycles. The molecule has 0 saturated carbocycles. The number of carbonyl (C=O) groups is 1. The molecule has 10 nitrogen and oxygen atoms in total. The van der Waals surface area contributed by atoms with Crippen LogP contribution in [0.4, 0.5) is 16.4 Å². The molecule has 190 valence electrons. The van der Waals surface area contributed by atoms with Crippen LogP contribution in [0.3, 0.4) is 0 Å². The summed E-state index contributed by atoms with van der Waals surface area (Å²) in [4.78, 5) is 37.7. The van der Waals surface area contributed by atoms with Crippen LogP contribution in [-0.4, -0.2) is 70.2 Å². The van der Waals surface area contributed by atoms with E-state index < -0.39 is 0 Å². The van der Waals surface area contributed by atoms with Gasteiger partial charge in [-0.2, -0.15) is 0 Å². The van der Waals surface area contributed by atoms with Crippen LogP contribution < -0.4 is 20.3 Å². The Morgan fingerprint density at radius 2 is 1.97 bits per heavy atom. The maximum atomic E-state index is 12.6. The van der Waals surface area contributed by atoms with Crippen LogP contribution >= 0.6 is 11.8 Å². The predicted octanol–water partition coefficient (Wildman–Crippen LogP) is 2.89. The fourth-order valence-electron chi connectivity index (χ4n) is 6.16. The van der Waals surface area contributed by atoms with E-state index in [-0.39, 0.29) is 23.5 Å². The summed E-state index contributed by atoms with van der Waals surface area (Å²) in [6.45, 7) is 2.88. The molecule has 2 fully saturated rings. The molecular weight excluding hydrogens is 488 g/mol. The fraction of sp³-hybridized carbons (Fsp3) is 0.423. The molecule has 2 atom stereocenters. The van der Waals surface area contributed by atoms with Gasteiger partial charge in [0.15, 0.2) is 11.6 Å². The fourth-order valence-corrected chi connectivity index (χ4v) is 6.96. The van der Waals surface area contributed by atoms with Crippen LogP contribution in [0.25, 0.3) is 0 Å². The number of amides is 2. The molecule has 3 aromatic heterocycles. The molecule has 2 N–H and O–H groups in total. The van der Waals surface area contributed by atoms with Gasteiger partial charge in [0.25, 0.3) is 0 Å². The van der Waals surface area contributed by atoms with Gasteiger partial charge in [0.05, 0.1) is 23.3 Å². The molecule has 37 heavy (non-hydrogen) atoms. The lowest BCUT2D eigenvalue weighted by molar-refractivity contribution is 0.186. The predicted molar refractivity (Wildman–Crippen MR) is 139 cm³/mol. The second kappa shape index (κ2) is 8.56. The summed E-state index contributed by atoms with van der Waals surface area (Å²) >= 11 is 1.47. The van der Waals surface area contributed by atoms with Crippen molar-refractivity contribution in [2.75, 3.05) is 43.1 Å². The lowest BCUT2D eigenvalue weighted by Crippen LogP contribution is -2.44. The number of anilines is 2. The average Bonchev–Trinajstić information content (AvgIpc) is 3.37. The van der Waals surface area contributed by atoms with Crippen molar-refractivity contribution >= 4 is 29.4 Å². The first-order chi connectivity index (χ1) is 18.0. The number of nitrogens with two attached hydrogens (primary N) is 1. The van der Waals surface area contributed by atoms with E-state index in [1.807, 2.05) is 24.5 Å². The number of ether oxygens (including phenoxy) is 1. The van der Waals surface area contributed by atoms with Crippen molar-refractivity contribution in [3.05, 3.63) is 54.2 Å². The monoisotopic (exact) mass is 516 g/mol. The average molecular weight is 517 g/mol. The molecule has 7 rings (SSSR count). The van der Waals surface area contributed by atoms with E-state index in [0.29, 0.717) is 24.7 Å². The maximum Gasteiger partial charge on any atom is 0.326 e. The number of urea groups is 1. The molecule has 11 heteroatoms. The van der Waals surface area contributed by atoms with Crippen LogP contribution in [0.15, 0.2) is 52.9 Å². The molecule has 0 bridgehead atoms. The summed E-state index contributed by atoms with van der Waals surface area (Å²) in [7, 11) is 1.80. The minimum absolute atomic E-state index is 0.00952. The summed E-state index contributed by atoms with van der Waals surface area (Å²) in [5.41, 5.74) is 9.14. The highest BCUT2D eigenvalue weighted by molar-refractivity contribution is 7.99. The number of likely N-dealkylation sites (N-methyl/N-ethyl adjacent to an activating group) is 1. The smallest absolute Gasteiger partial charge is 0.326 e. The Hall–Kier alpha value is -3.44. The van der Waals surface area contributed by atoms with Crippen molar-refractivity contribution in [2.45, 2.75) is 41.3 Å². The van der Waals surface area contributed by atoms with E-state index in [9.17, 15) is 4.79 Å². The Morgan fingerprint density at radius 3 is 2.76 bits per heavy atom. The van der Waals surface area contributed by atoms with E-state index in [4.69, 9.17) is 15.5 Å². The van der Waals surface area contributed by atoms with E-state index >= 15 is 0 Å². The number of hydrogen-bond acceptors (Lipinski definition) is 9. The zero-order valence-electron chi connectivity index (χ0n) is 20.6. The van der Waals surface area contributed by atoms with Crippen LogP contribution in [0.5, 0.6) is 5.75 Å². The van der Waals surface area contributed by atoms with Crippen LogP contribution in [0.1, 0.15) is 30.1 Å². The van der Waals surface area contributed by atoms with Crippen molar-refractivity contribution < 1.29 is 9.53 Å². The van der Waals surface area contributed by atoms with Crippen molar-refractivity contribution in [2.24, 2.45) is 11.1 Å². The third-order valence-electron chi connectivity index (χ3n) is 8.23. The van der Waals surface area contributed by atoms with Gasteiger partial charge in [-0.25, -0.2) is 19.7 Å². The number of aromatic nitrogens is 4. The highest BCUT2D eigenvalue weighted by Crippen LogP contribution is 2.50. The number of fused-ring (bicyclic) bond motifs is 4. The van der Waals surface area contributed by atoms with Gasteiger partial charge in [-0.3, -0.25) is 9.88 Å². The van der Waals surface area contributed by atoms with Gasteiger partial charge in [0.1, 0.15) is 17.5 Å². The highest BCUT2D eigenvalue weighted by Gasteiger charge is 2.47. The molecule has 6 heterocycles. The second-order valence-corrected chi connectivity index (χ2v) is 11.4. The summed E-state index contributed by atoms with van der Waals surface area (Å²) in [5.74, 6) is 2.08. The lowest BCUT2D eigenvalue weighted by atomic mass is 9.73. The summed E-state index contributed by atoms with van der Waals surface area (Å²) in [5, 5.41) is 0.764. The second-order valence-electron chi connectivity index (χ2n) is 10.3. The quantitative estimate of drug-likeness (QED) is 0.561. The first kappa shape index (κ1) is 22.7. The lowest BCUT2D eigenvalue weighted by Gasteiger charge is -2.42. The van der Waals surface area contributed by atoms with Gasteiger partial charge in [-0.1, -0.05) is 17.8 Å². The molecule has 1 aliphatic carbocycles. The third-order valence-corrected chi connectivity index (χ3v) is 9.19. The van der Waals surface area contributed by atoms with Crippen molar-refractivity contribution in [1.82, 2.24) is 24.8 Å². The standard InChI is InChI=1S/C26H28N8O2S/c1-32-14-16-15-36-22-19(4-8-29-24(22)34(16)25(32)35)37-21-13-30-20(12-31-21)33-9-5-26(6-10-33)11-18-17(23(26)27)3-2-7-28-18/h2-4,7-8,12-13,16,23H,5-6,9-11,14-15,27H2,1H3/t16?,23-/m1/s1. The number of hydrogen-bond donors (Lipinski definition) is 1. The molecule has 4 aliphatic rings. The normalized spacial score (nSPS) is 23.6. The van der Waals surface area contributed by atoms with Gasteiger partial charge in [-0.05, 0) is 42.4 Å². The summed E-state index contributed by atoms with van der Waals surface area (Å²) < 4.78 is 6.06. The van der Waals surface area contributed by atoms with Crippen molar-refractivity contribution in [3.8, 4) is 5.75 Å². The Bertz CT molecular complexity index is 1360. The van der Waals surface area contributed by atoms with E-state index in [0.717, 1.165) is 53.8 Å². The largest absolute Gasteiger partial charge is 0.486 e. The minimum atomic E-state index is -0.0460.